The second-order valence-electron chi connectivity index (χ2n) is 1.84. The molecule has 47 valence electrons. The Morgan fingerprint density at radius 1 is 1.56 bits per heavy atom. The lowest BCUT2D eigenvalue weighted by Gasteiger charge is -1.94. The first kappa shape index (κ1) is 6.43. The number of rotatable bonds is 0. The number of phenolic OH excluding ortho intramolecular Hbond substituents is 1. The van der Waals surface area contributed by atoms with Gasteiger partial charge < -0.3 is 5.11 Å². The predicted octanol–water partition coefficient (Wildman–Crippen LogP) is 2.15. The molecular formula is C7H6ClO. The molecule has 0 atom stereocenters. The number of hydrogen-bond donors (Lipinski definition) is 1. The van der Waals surface area contributed by atoms with E-state index in [2.05, 4.69) is 6.07 Å². The molecule has 0 bridgehead atoms. The van der Waals surface area contributed by atoms with Crippen molar-refractivity contribution in [3.63, 3.8) is 0 Å². The molecule has 0 saturated carbocycles. The average Bonchev–Trinajstić information content (AvgIpc) is 1.80. The minimum absolute atomic E-state index is 0.0854. The highest BCUT2D eigenvalue weighted by molar-refractivity contribution is 6.31. The van der Waals surface area contributed by atoms with Gasteiger partial charge in [-0.3, -0.25) is 0 Å². The lowest BCUT2D eigenvalue weighted by atomic mass is 10.2. The maximum atomic E-state index is 8.88. The molecule has 0 amide bonds. The van der Waals surface area contributed by atoms with E-state index < -0.39 is 0 Å². The van der Waals surface area contributed by atoms with Gasteiger partial charge in [-0.1, -0.05) is 17.7 Å². The van der Waals surface area contributed by atoms with E-state index in [1.54, 1.807) is 12.1 Å². The quantitative estimate of drug-likeness (QED) is 0.587. The van der Waals surface area contributed by atoms with Crippen LogP contribution in [0.5, 0.6) is 5.75 Å². The summed E-state index contributed by atoms with van der Waals surface area (Å²) in [4.78, 5) is 0. The molecule has 0 aliphatic carbocycles. The smallest absolute Gasteiger partial charge is 0.134 e. The second kappa shape index (κ2) is 2.28. The van der Waals surface area contributed by atoms with Crippen LogP contribution in [0.25, 0.3) is 0 Å². The summed E-state index contributed by atoms with van der Waals surface area (Å²) >= 11 is 5.51. The zero-order chi connectivity index (χ0) is 6.85. The third-order valence-corrected chi connectivity index (χ3v) is 1.31. The summed E-state index contributed by atoms with van der Waals surface area (Å²) < 4.78 is 0. The van der Waals surface area contributed by atoms with Crippen LogP contribution in [0, 0.1) is 13.0 Å². The van der Waals surface area contributed by atoms with Gasteiger partial charge in [0.2, 0.25) is 0 Å². The molecular weight excluding hydrogens is 136 g/mol. The first-order valence-corrected chi connectivity index (χ1v) is 2.95. The number of benzene rings is 1. The maximum Gasteiger partial charge on any atom is 0.134 e. The molecule has 0 aliphatic rings. The Morgan fingerprint density at radius 2 is 2.22 bits per heavy atom. The highest BCUT2D eigenvalue weighted by Crippen LogP contribution is 2.21. The van der Waals surface area contributed by atoms with Gasteiger partial charge in [-0.15, -0.1) is 0 Å². The van der Waals surface area contributed by atoms with Gasteiger partial charge in [-0.2, -0.15) is 0 Å². The Balaban J connectivity index is 3.17. The van der Waals surface area contributed by atoms with E-state index in [0.29, 0.717) is 0 Å². The predicted molar refractivity (Wildman–Crippen MR) is 36.7 cm³/mol. The van der Waals surface area contributed by atoms with Gasteiger partial charge >= 0.3 is 0 Å². The molecule has 1 N–H and O–H groups in total. The van der Waals surface area contributed by atoms with Gasteiger partial charge in [-0.05, 0) is 18.6 Å². The molecule has 0 unspecified atom stereocenters. The van der Waals surface area contributed by atoms with E-state index in [4.69, 9.17) is 16.7 Å². The van der Waals surface area contributed by atoms with Gasteiger partial charge in [0.05, 0.1) is 5.02 Å². The van der Waals surface area contributed by atoms with Crippen LogP contribution in [0.1, 0.15) is 5.56 Å². The van der Waals surface area contributed by atoms with Crippen molar-refractivity contribution in [2.45, 2.75) is 6.92 Å². The Hall–Kier alpha value is -0.690. The summed E-state index contributed by atoms with van der Waals surface area (Å²) in [7, 11) is 0. The molecule has 1 nitrogen and oxygen atoms in total. The third-order valence-electron chi connectivity index (χ3n) is 1.02. The van der Waals surface area contributed by atoms with Crippen molar-refractivity contribution in [2.75, 3.05) is 0 Å². The number of aryl methyl sites for hydroxylation is 1. The minimum Gasteiger partial charge on any atom is -0.506 e. The molecule has 0 aromatic heterocycles. The molecule has 0 heterocycles. The monoisotopic (exact) mass is 141 g/mol. The van der Waals surface area contributed by atoms with E-state index in [9.17, 15) is 0 Å². The van der Waals surface area contributed by atoms with Gasteiger partial charge in [0.15, 0.2) is 0 Å². The second-order valence-corrected chi connectivity index (χ2v) is 2.22. The minimum atomic E-state index is 0.0854. The van der Waals surface area contributed by atoms with E-state index in [1.165, 1.54) is 0 Å². The van der Waals surface area contributed by atoms with E-state index >= 15 is 0 Å². The van der Waals surface area contributed by atoms with Crippen LogP contribution < -0.4 is 0 Å². The van der Waals surface area contributed by atoms with Crippen molar-refractivity contribution >= 4 is 11.6 Å². The molecule has 2 heteroatoms. The molecule has 1 aromatic carbocycles. The fourth-order valence-electron chi connectivity index (χ4n) is 0.556. The lowest BCUT2D eigenvalue weighted by molar-refractivity contribution is 0.475. The van der Waals surface area contributed by atoms with Crippen LogP contribution in [-0.2, 0) is 0 Å². The van der Waals surface area contributed by atoms with Crippen molar-refractivity contribution in [2.24, 2.45) is 0 Å². The van der Waals surface area contributed by atoms with Crippen molar-refractivity contribution < 1.29 is 5.11 Å². The Morgan fingerprint density at radius 3 is 2.67 bits per heavy atom. The number of halogens is 1. The highest BCUT2D eigenvalue weighted by Gasteiger charge is 1.95. The molecule has 9 heavy (non-hydrogen) atoms. The van der Waals surface area contributed by atoms with Crippen LogP contribution in [0.15, 0.2) is 12.1 Å². The zero-order valence-corrected chi connectivity index (χ0v) is 5.74. The SMILES string of the molecule is Cc1[c]c(Cl)c(O)cc1. The first-order valence-electron chi connectivity index (χ1n) is 2.57. The summed E-state index contributed by atoms with van der Waals surface area (Å²) in [6.07, 6.45) is 0. The fraction of sp³-hybridized carbons (Fsp3) is 0.143. The lowest BCUT2D eigenvalue weighted by Crippen LogP contribution is -1.71. The fourth-order valence-corrected chi connectivity index (χ4v) is 0.768. The largest absolute Gasteiger partial charge is 0.506 e. The summed E-state index contributed by atoms with van der Waals surface area (Å²) in [6.45, 7) is 1.87. The van der Waals surface area contributed by atoms with Gasteiger partial charge in [0.25, 0.3) is 0 Å². The van der Waals surface area contributed by atoms with Crippen LogP contribution in [0.2, 0.25) is 5.02 Å². The Bertz CT molecular complexity index is 220. The number of phenols is 1. The Kier molecular flexibility index (Phi) is 1.63. The summed E-state index contributed by atoms with van der Waals surface area (Å²) in [5.41, 5.74) is 0.929. The van der Waals surface area contributed by atoms with Crippen LogP contribution >= 0.6 is 11.6 Å². The third kappa shape index (κ3) is 1.36. The molecule has 1 aromatic rings. The van der Waals surface area contributed by atoms with Crippen molar-refractivity contribution in [1.82, 2.24) is 0 Å². The normalized spacial score (nSPS) is 9.56. The van der Waals surface area contributed by atoms with Crippen LogP contribution in [0.4, 0.5) is 0 Å². The Labute approximate surface area is 58.9 Å². The van der Waals surface area contributed by atoms with Crippen LogP contribution in [-0.4, -0.2) is 5.11 Å². The topological polar surface area (TPSA) is 20.2 Å². The van der Waals surface area contributed by atoms with Crippen molar-refractivity contribution in [3.05, 3.63) is 28.8 Å². The van der Waals surface area contributed by atoms with Gasteiger partial charge in [0.1, 0.15) is 5.75 Å². The van der Waals surface area contributed by atoms with Crippen molar-refractivity contribution in [1.29, 1.82) is 0 Å². The van der Waals surface area contributed by atoms with E-state index in [1.807, 2.05) is 6.92 Å². The molecule has 0 aliphatic heterocycles. The van der Waals surface area contributed by atoms with E-state index in [0.717, 1.165) is 5.56 Å². The molecule has 0 fully saturated rings. The zero-order valence-electron chi connectivity index (χ0n) is 4.98. The molecule has 1 radical (unpaired) electrons. The molecule has 1 rings (SSSR count). The molecule has 0 spiro atoms. The molecule has 0 saturated heterocycles. The number of aromatic hydroxyl groups is 1. The first-order chi connectivity index (χ1) is 4.20. The summed E-state index contributed by atoms with van der Waals surface area (Å²) in [5, 5.41) is 9.17. The van der Waals surface area contributed by atoms with Gasteiger partial charge in [-0.25, -0.2) is 0 Å². The maximum absolute atomic E-state index is 8.88. The standard InChI is InChI=1S/C7H6ClO/c1-5-2-3-7(9)6(8)4-5/h2-3,9H,1H3. The van der Waals surface area contributed by atoms with Crippen LogP contribution in [0.3, 0.4) is 0 Å². The van der Waals surface area contributed by atoms with Crippen molar-refractivity contribution in [3.8, 4) is 5.75 Å². The number of hydrogen-bond acceptors (Lipinski definition) is 1. The van der Waals surface area contributed by atoms with E-state index in [-0.39, 0.29) is 10.8 Å². The highest BCUT2D eigenvalue weighted by atomic mass is 35.5. The average molecular weight is 142 g/mol. The summed E-state index contributed by atoms with van der Waals surface area (Å²) in [6, 6.07) is 6.05. The van der Waals surface area contributed by atoms with Gasteiger partial charge in [0, 0.05) is 6.07 Å². The summed E-state index contributed by atoms with van der Waals surface area (Å²) in [5.74, 6) is 0.0854.